The van der Waals surface area contributed by atoms with E-state index in [-0.39, 0.29) is 34.8 Å². The van der Waals surface area contributed by atoms with Gasteiger partial charge in [0.1, 0.15) is 5.56 Å². The lowest BCUT2D eigenvalue weighted by atomic mass is 9.75. The Hall–Kier alpha value is -1.95. The summed E-state index contributed by atoms with van der Waals surface area (Å²) in [7, 11) is 0. The summed E-state index contributed by atoms with van der Waals surface area (Å²) < 4.78 is 0. The molecule has 1 saturated carbocycles. The first-order valence-electron chi connectivity index (χ1n) is 8.86. The predicted molar refractivity (Wildman–Crippen MR) is 93.8 cm³/mol. The molecule has 6 nitrogen and oxygen atoms in total. The molecule has 1 aromatic rings. The molecule has 1 fully saturated rings. The smallest absolute Gasteiger partial charge is 0.261 e. The number of ketones is 1. The van der Waals surface area contributed by atoms with Gasteiger partial charge in [-0.2, -0.15) is 0 Å². The molecule has 6 heteroatoms. The van der Waals surface area contributed by atoms with Gasteiger partial charge < -0.3 is 15.4 Å². The van der Waals surface area contributed by atoms with Crippen molar-refractivity contribution in [3.05, 3.63) is 33.2 Å². The molecule has 0 aliphatic heterocycles. The maximum atomic E-state index is 12.6. The zero-order chi connectivity index (χ0) is 18.4. The summed E-state index contributed by atoms with van der Waals surface area (Å²) in [6, 6.07) is 1.27. The topological polar surface area (TPSA) is 99.3 Å². The zero-order valence-corrected chi connectivity index (χ0v) is 15.1. The third kappa shape index (κ3) is 3.27. The van der Waals surface area contributed by atoms with E-state index in [1.807, 2.05) is 20.8 Å². The van der Waals surface area contributed by atoms with Crippen LogP contribution in [0.4, 0.5) is 0 Å². The summed E-state index contributed by atoms with van der Waals surface area (Å²) in [6.45, 7) is 5.91. The highest BCUT2D eigenvalue weighted by Gasteiger charge is 2.40. The molecule has 2 aliphatic rings. The molecule has 0 aromatic carbocycles. The van der Waals surface area contributed by atoms with Gasteiger partial charge in [0.2, 0.25) is 0 Å². The molecule has 1 aromatic heterocycles. The van der Waals surface area contributed by atoms with E-state index in [2.05, 4.69) is 10.3 Å². The van der Waals surface area contributed by atoms with Crippen LogP contribution >= 0.6 is 0 Å². The Morgan fingerprint density at radius 1 is 1.32 bits per heavy atom. The predicted octanol–water partition coefficient (Wildman–Crippen LogP) is 1.81. The third-order valence-electron chi connectivity index (χ3n) is 5.71. The number of rotatable bonds is 3. The number of H-pyrrole nitrogens is 1. The minimum Gasteiger partial charge on any atom is -0.396 e. The van der Waals surface area contributed by atoms with E-state index in [9.17, 15) is 19.5 Å². The van der Waals surface area contributed by atoms with Gasteiger partial charge in [-0.1, -0.05) is 27.2 Å². The van der Waals surface area contributed by atoms with Crippen LogP contribution in [0.15, 0.2) is 10.9 Å². The van der Waals surface area contributed by atoms with Gasteiger partial charge in [0.15, 0.2) is 5.78 Å². The van der Waals surface area contributed by atoms with Crippen LogP contribution < -0.4 is 10.9 Å². The summed E-state index contributed by atoms with van der Waals surface area (Å²) in [5.74, 6) is -0.522. The van der Waals surface area contributed by atoms with E-state index in [0.29, 0.717) is 24.1 Å². The van der Waals surface area contributed by atoms with Crippen LogP contribution in [0.25, 0.3) is 0 Å². The van der Waals surface area contributed by atoms with E-state index in [4.69, 9.17) is 0 Å². The Kier molecular flexibility index (Phi) is 4.35. The Morgan fingerprint density at radius 2 is 2.04 bits per heavy atom. The number of carbonyl (C=O) groups is 2. The van der Waals surface area contributed by atoms with Gasteiger partial charge in [0.25, 0.3) is 11.5 Å². The van der Waals surface area contributed by atoms with Crippen molar-refractivity contribution in [3.8, 4) is 0 Å². The number of carbonyl (C=O) groups excluding carboxylic acids is 2. The van der Waals surface area contributed by atoms with Gasteiger partial charge in [0, 0.05) is 29.1 Å². The van der Waals surface area contributed by atoms with Gasteiger partial charge in [-0.3, -0.25) is 14.4 Å². The van der Waals surface area contributed by atoms with Gasteiger partial charge in [0.05, 0.1) is 6.61 Å². The fraction of sp³-hybridized carbons (Fsp3) is 0.632. The molecule has 25 heavy (non-hydrogen) atoms. The van der Waals surface area contributed by atoms with Gasteiger partial charge >= 0.3 is 0 Å². The normalized spacial score (nSPS) is 27.8. The number of hydrogen-bond acceptors (Lipinski definition) is 4. The molecule has 3 N–H and O–H groups in total. The van der Waals surface area contributed by atoms with Crippen molar-refractivity contribution >= 4 is 11.7 Å². The second kappa shape index (κ2) is 6.09. The van der Waals surface area contributed by atoms with Crippen molar-refractivity contribution in [3.63, 3.8) is 0 Å². The Morgan fingerprint density at radius 3 is 2.72 bits per heavy atom. The van der Waals surface area contributed by atoms with E-state index in [0.717, 1.165) is 19.3 Å². The molecule has 2 atom stereocenters. The Balaban J connectivity index is 1.89. The van der Waals surface area contributed by atoms with Crippen LogP contribution in [0.2, 0.25) is 0 Å². The summed E-state index contributed by atoms with van der Waals surface area (Å²) in [6.07, 6.45) is 3.55. The first-order chi connectivity index (χ1) is 11.6. The van der Waals surface area contributed by atoms with Crippen LogP contribution in [0.1, 0.15) is 72.9 Å². The molecule has 0 spiro atoms. The molecule has 1 heterocycles. The quantitative estimate of drug-likeness (QED) is 0.777. The highest BCUT2D eigenvalue weighted by Crippen LogP contribution is 2.37. The summed E-state index contributed by atoms with van der Waals surface area (Å²) in [5.41, 5.74) is 0.00814. The van der Waals surface area contributed by atoms with Crippen molar-refractivity contribution in [1.82, 2.24) is 10.3 Å². The van der Waals surface area contributed by atoms with Crippen molar-refractivity contribution in [2.24, 2.45) is 10.8 Å². The fourth-order valence-corrected chi connectivity index (χ4v) is 4.10. The SMILES string of the molecule is CC1(C)CC(=O)c2cc(C(=O)N[C@H]3CCC[C@@]3(C)CO)c(=O)[nH]c2C1. The van der Waals surface area contributed by atoms with E-state index >= 15 is 0 Å². The number of pyridine rings is 1. The number of nitrogens with one attached hydrogen (secondary N) is 2. The second-order valence-corrected chi connectivity index (χ2v) is 8.58. The lowest BCUT2D eigenvalue weighted by molar-refractivity contribution is 0.0829. The Bertz CT molecular complexity index is 780. The molecule has 0 unspecified atom stereocenters. The van der Waals surface area contributed by atoms with E-state index in [1.54, 1.807) is 0 Å². The largest absolute Gasteiger partial charge is 0.396 e. The minimum atomic E-state index is -0.478. The molecule has 0 radical (unpaired) electrons. The van der Waals surface area contributed by atoms with E-state index in [1.165, 1.54) is 6.07 Å². The highest BCUT2D eigenvalue weighted by atomic mass is 16.3. The molecule has 1 amide bonds. The van der Waals surface area contributed by atoms with Crippen LogP contribution in [0, 0.1) is 10.8 Å². The standard InChI is InChI=1S/C19H26N2O4/c1-18(2)8-13-11(14(23)9-18)7-12(16(24)20-13)17(25)21-15-5-4-6-19(15,3)10-22/h7,15,22H,4-6,8-10H2,1-3H3,(H,20,24)(H,21,25)/t15-,19-/m0/s1. The lowest BCUT2D eigenvalue weighted by Crippen LogP contribution is -2.46. The maximum Gasteiger partial charge on any atom is 0.261 e. The number of aliphatic hydroxyl groups is 1. The lowest BCUT2D eigenvalue weighted by Gasteiger charge is -2.31. The minimum absolute atomic E-state index is 0.00788. The summed E-state index contributed by atoms with van der Waals surface area (Å²) in [5, 5.41) is 12.5. The first-order valence-corrected chi connectivity index (χ1v) is 8.86. The number of hydrogen-bond donors (Lipinski definition) is 3. The molecule has 2 aliphatic carbocycles. The summed E-state index contributed by atoms with van der Waals surface area (Å²) >= 11 is 0. The van der Waals surface area contributed by atoms with E-state index < -0.39 is 11.5 Å². The van der Waals surface area contributed by atoms with Gasteiger partial charge in [-0.05, 0) is 30.7 Å². The van der Waals surface area contributed by atoms with Crippen molar-refractivity contribution in [1.29, 1.82) is 0 Å². The second-order valence-electron chi connectivity index (χ2n) is 8.58. The zero-order valence-electron chi connectivity index (χ0n) is 15.1. The highest BCUT2D eigenvalue weighted by molar-refractivity contribution is 6.02. The Labute approximate surface area is 147 Å². The van der Waals surface area contributed by atoms with Crippen molar-refractivity contribution in [2.45, 2.75) is 58.9 Å². The number of fused-ring (bicyclic) bond motifs is 1. The average Bonchev–Trinajstić information content (AvgIpc) is 2.87. The number of aliphatic hydroxyl groups excluding tert-OH is 1. The molecular formula is C19H26N2O4. The number of aromatic amines is 1. The number of Topliss-reactive ketones (excluding diaryl/α,β-unsaturated/α-hetero) is 1. The summed E-state index contributed by atoms with van der Waals surface area (Å²) in [4.78, 5) is 40.1. The van der Waals surface area contributed by atoms with Crippen molar-refractivity contribution < 1.29 is 14.7 Å². The monoisotopic (exact) mass is 346 g/mol. The van der Waals surface area contributed by atoms with Crippen LogP contribution in [-0.2, 0) is 6.42 Å². The molecule has 136 valence electrons. The third-order valence-corrected chi connectivity index (χ3v) is 5.71. The van der Waals surface area contributed by atoms with Gasteiger partial charge in [-0.25, -0.2) is 0 Å². The van der Waals surface area contributed by atoms with Crippen LogP contribution in [0.3, 0.4) is 0 Å². The first kappa shape index (κ1) is 17.9. The maximum absolute atomic E-state index is 12.6. The number of amides is 1. The molecule has 0 saturated heterocycles. The van der Waals surface area contributed by atoms with Gasteiger partial charge in [-0.15, -0.1) is 0 Å². The molecular weight excluding hydrogens is 320 g/mol. The number of aromatic nitrogens is 1. The molecule has 0 bridgehead atoms. The van der Waals surface area contributed by atoms with Crippen molar-refractivity contribution in [2.75, 3.05) is 6.61 Å². The fourth-order valence-electron chi connectivity index (χ4n) is 4.10. The average molecular weight is 346 g/mol. The van der Waals surface area contributed by atoms with Crippen LogP contribution in [0.5, 0.6) is 0 Å². The molecule has 3 rings (SSSR count). The van der Waals surface area contributed by atoms with Crippen LogP contribution in [-0.4, -0.2) is 34.4 Å².